The summed E-state index contributed by atoms with van der Waals surface area (Å²) in [6.07, 6.45) is 0.521. The summed E-state index contributed by atoms with van der Waals surface area (Å²) in [4.78, 5) is 34.5. The maximum atomic E-state index is 12.1. The standard InChI is InChI=1S/C20H19BrN2O6/c1-12(27-17-8-5-16(21)6-9-17)20(26)23-22-11-15-4-7-18(28-13(2)24)10-19(15)29-14(3)25/h4-12H,1-3H3,(H,23,26)/b22-11-/t12-/m1/s1. The van der Waals surface area contributed by atoms with Crippen molar-refractivity contribution in [2.45, 2.75) is 26.9 Å². The van der Waals surface area contributed by atoms with Gasteiger partial charge in [-0.15, -0.1) is 0 Å². The normalized spacial score (nSPS) is 11.6. The average Bonchev–Trinajstić information content (AvgIpc) is 2.64. The molecule has 2 rings (SSSR count). The average molecular weight is 463 g/mol. The molecule has 152 valence electrons. The predicted molar refractivity (Wildman–Crippen MR) is 109 cm³/mol. The molecule has 29 heavy (non-hydrogen) atoms. The molecule has 0 saturated carbocycles. The lowest BCUT2D eigenvalue weighted by Gasteiger charge is -2.13. The molecule has 1 atom stereocenters. The zero-order chi connectivity index (χ0) is 21.4. The molecule has 0 radical (unpaired) electrons. The van der Waals surface area contributed by atoms with Crippen LogP contribution in [0.5, 0.6) is 17.2 Å². The van der Waals surface area contributed by atoms with Gasteiger partial charge in [0.2, 0.25) is 0 Å². The Hall–Kier alpha value is -3.20. The molecule has 0 unspecified atom stereocenters. The summed E-state index contributed by atoms with van der Waals surface area (Å²) in [5, 5.41) is 3.87. The van der Waals surface area contributed by atoms with Crippen molar-refractivity contribution in [1.82, 2.24) is 5.43 Å². The first-order valence-electron chi connectivity index (χ1n) is 8.50. The number of esters is 2. The lowest BCUT2D eigenvalue weighted by atomic mass is 10.2. The van der Waals surface area contributed by atoms with Gasteiger partial charge in [0.05, 0.1) is 6.21 Å². The van der Waals surface area contributed by atoms with E-state index in [1.165, 1.54) is 38.3 Å². The molecule has 2 aromatic carbocycles. The van der Waals surface area contributed by atoms with Crippen LogP contribution >= 0.6 is 15.9 Å². The van der Waals surface area contributed by atoms with Crippen LogP contribution in [0.15, 0.2) is 52.0 Å². The topological polar surface area (TPSA) is 103 Å². The third kappa shape index (κ3) is 7.38. The summed E-state index contributed by atoms with van der Waals surface area (Å²) < 4.78 is 16.5. The summed E-state index contributed by atoms with van der Waals surface area (Å²) in [6.45, 7) is 4.08. The molecule has 0 heterocycles. The van der Waals surface area contributed by atoms with Gasteiger partial charge >= 0.3 is 11.9 Å². The molecular weight excluding hydrogens is 444 g/mol. The second-order valence-corrected chi connectivity index (χ2v) is 6.75. The van der Waals surface area contributed by atoms with Crippen molar-refractivity contribution in [2.75, 3.05) is 0 Å². The van der Waals surface area contributed by atoms with Crippen molar-refractivity contribution in [3.05, 3.63) is 52.5 Å². The van der Waals surface area contributed by atoms with Crippen molar-refractivity contribution < 1.29 is 28.6 Å². The van der Waals surface area contributed by atoms with Crippen molar-refractivity contribution in [2.24, 2.45) is 5.10 Å². The van der Waals surface area contributed by atoms with Gasteiger partial charge in [-0.05, 0) is 43.3 Å². The molecule has 8 nitrogen and oxygen atoms in total. The first kappa shape index (κ1) is 22.1. The number of amides is 1. The molecule has 0 fully saturated rings. The van der Waals surface area contributed by atoms with Gasteiger partial charge in [0, 0.05) is 30.0 Å². The highest BCUT2D eigenvalue weighted by Gasteiger charge is 2.14. The molecular formula is C20H19BrN2O6. The van der Waals surface area contributed by atoms with Crippen LogP contribution in [0.1, 0.15) is 26.3 Å². The van der Waals surface area contributed by atoms with Gasteiger partial charge in [0.25, 0.3) is 5.91 Å². The zero-order valence-electron chi connectivity index (χ0n) is 16.0. The number of halogens is 1. The minimum Gasteiger partial charge on any atom is -0.481 e. The SMILES string of the molecule is CC(=O)Oc1ccc(/C=N\NC(=O)[C@@H](C)Oc2ccc(Br)cc2)c(OC(C)=O)c1. The van der Waals surface area contributed by atoms with Crippen LogP contribution < -0.4 is 19.6 Å². The van der Waals surface area contributed by atoms with E-state index in [0.717, 1.165) is 4.47 Å². The highest BCUT2D eigenvalue weighted by atomic mass is 79.9. The third-order valence-corrected chi connectivity index (χ3v) is 3.90. The smallest absolute Gasteiger partial charge is 0.308 e. The molecule has 0 aliphatic rings. The Kier molecular flexibility index (Phi) is 7.90. The Bertz CT molecular complexity index is 927. The highest BCUT2D eigenvalue weighted by molar-refractivity contribution is 9.10. The Morgan fingerprint density at radius 2 is 1.62 bits per heavy atom. The van der Waals surface area contributed by atoms with Gasteiger partial charge in [0.1, 0.15) is 17.2 Å². The Balaban J connectivity index is 2.03. The predicted octanol–water partition coefficient (Wildman–Crippen LogP) is 3.22. The van der Waals surface area contributed by atoms with E-state index >= 15 is 0 Å². The van der Waals surface area contributed by atoms with Gasteiger partial charge in [-0.2, -0.15) is 5.10 Å². The number of carbonyl (C=O) groups is 3. The number of hydrazone groups is 1. The van der Waals surface area contributed by atoms with E-state index in [9.17, 15) is 14.4 Å². The fraction of sp³-hybridized carbons (Fsp3) is 0.200. The fourth-order valence-corrected chi connectivity index (χ4v) is 2.39. The van der Waals surface area contributed by atoms with E-state index in [1.54, 1.807) is 31.2 Å². The van der Waals surface area contributed by atoms with Gasteiger partial charge in [0.15, 0.2) is 6.10 Å². The van der Waals surface area contributed by atoms with E-state index in [-0.39, 0.29) is 11.5 Å². The van der Waals surface area contributed by atoms with Crippen LogP contribution in [0, 0.1) is 0 Å². The van der Waals surface area contributed by atoms with Crippen LogP contribution in [0.25, 0.3) is 0 Å². The lowest BCUT2D eigenvalue weighted by molar-refractivity contribution is -0.132. The van der Waals surface area contributed by atoms with Crippen molar-refractivity contribution >= 4 is 40.0 Å². The minimum atomic E-state index is -0.785. The van der Waals surface area contributed by atoms with Crippen molar-refractivity contribution in [3.8, 4) is 17.2 Å². The zero-order valence-corrected chi connectivity index (χ0v) is 17.6. The van der Waals surface area contributed by atoms with E-state index in [2.05, 4.69) is 26.5 Å². The summed E-state index contributed by atoms with van der Waals surface area (Å²) in [6, 6.07) is 11.5. The Labute approximate surface area is 176 Å². The van der Waals surface area contributed by atoms with E-state index in [1.807, 2.05) is 0 Å². The van der Waals surface area contributed by atoms with Gasteiger partial charge in [-0.3, -0.25) is 14.4 Å². The van der Waals surface area contributed by atoms with Crippen LogP contribution in [0.2, 0.25) is 0 Å². The van der Waals surface area contributed by atoms with Crippen molar-refractivity contribution in [3.63, 3.8) is 0 Å². The van der Waals surface area contributed by atoms with E-state index in [4.69, 9.17) is 14.2 Å². The largest absolute Gasteiger partial charge is 0.481 e. The van der Waals surface area contributed by atoms with Crippen molar-refractivity contribution in [1.29, 1.82) is 0 Å². The minimum absolute atomic E-state index is 0.133. The highest BCUT2D eigenvalue weighted by Crippen LogP contribution is 2.24. The number of rotatable bonds is 7. The number of hydrogen-bond donors (Lipinski definition) is 1. The van der Waals surface area contributed by atoms with Crippen LogP contribution in [0.3, 0.4) is 0 Å². The molecule has 0 aromatic heterocycles. The van der Waals surface area contributed by atoms with Crippen LogP contribution in [-0.4, -0.2) is 30.2 Å². The van der Waals surface area contributed by atoms with Gasteiger partial charge < -0.3 is 14.2 Å². The molecule has 1 N–H and O–H groups in total. The molecule has 0 aliphatic carbocycles. The summed E-state index contributed by atoms with van der Waals surface area (Å²) in [7, 11) is 0. The van der Waals surface area contributed by atoms with E-state index in [0.29, 0.717) is 11.3 Å². The summed E-state index contributed by atoms with van der Waals surface area (Å²) in [5.74, 6) is -0.639. The first-order chi connectivity index (χ1) is 13.7. The van der Waals surface area contributed by atoms with E-state index < -0.39 is 23.9 Å². The molecule has 0 spiro atoms. The summed E-state index contributed by atoms with van der Waals surface area (Å²) >= 11 is 3.32. The number of benzene rings is 2. The second-order valence-electron chi connectivity index (χ2n) is 5.84. The molecule has 0 bridgehead atoms. The maximum Gasteiger partial charge on any atom is 0.308 e. The Morgan fingerprint density at radius 3 is 2.24 bits per heavy atom. The number of ether oxygens (including phenoxy) is 3. The van der Waals surface area contributed by atoms with Gasteiger partial charge in [-0.1, -0.05) is 15.9 Å². The Morgan fingerprint density at radius 1 is 1.00 bits per heavy atom. The molecule has 0 saturated heterocycles. The number of carbonyl (C=O) groups excluding carboxylic acids is 3. The maximum absolute atomic E-state index is 12.1. The van der Waals surface area contributed by atoms with Crippen LogP contribution in [-0.2, 0) is 14.4 Å². The fourth-order valence-electron chi connectivity index (χ4n) is 2.12. The number of nitrogens with zero attached hydrogens (tertiary/aromatic N) is 1. The second kappa shape index (κ2) is 10.4. The van der Waals surface area contributed by atoms with Gasteiger partial charge in [-0.25, -0.2) is 5.43 Å². The summed E-state index contributed by atoms with van der Waals surface area (Å²) in [5.41, 5.74) is 2.76. The molecule has 2 aromatic rings. The number of hydrogen-bond acceptors (Lipinski definition) is 7. The third-order valence-electron chi connectivity index (χ3n) is 3.37. The van der Waals surface area contributed by atoms with Crippen LogP contribution in [0.4, 0.5) is 0 Å². The first-order valence-corrected chi connectivity index (χ1v) is 9.30. The molecule has 1 amide bonds. The quantitative estimate of drug-likeness (QED) is 0.293. The lowest BCUT2D eigenvalue weighted by Crippen LogP contribution is -2.33. The molecule has 9 heteroatoms. The molecule has 0 aliphatic heterocycles. The monoisotopic (exact) mass is 462 g/mol. The number of nitrogens with one attached hydrogen (secondary N) is 1.